The highest BCUT2D eigenvalue weighted by molar-refractivity contribution is 5.96. The molecule has 0 radical (unpaired) electrons. The third-order valence-electron chi connectivity index (χ3n) is 3.83. The van der Waals surface area contributed by atoms with Crippen molar-refractivity contribution < 1.29 is 22.7 Å². The molecule has 2 atom stereocenters. The van der Waals surface area contributed by atoms with E-state index in [1.807, 2.05) is 0 Å². The monoisotopic (exact) mass is 333 g/mol. The van der Waals surface area contributed by atoms with Gasteiger partial charge in [0.15, 0.2) is 5.69 Å². The number of carbonyl (C=O) groups excluding carboxylic acids is 1. The van der Waals surface area contributed by atoms with Crippen molar-refractivity contribution in [1.29, 1.82) is 0 Å². The van der Waals surface area contributed by atoms with Gasteiger partial charge in [-0.1, -0.05) is 0 Å². The van der Waals surface area contributed by atoms with Crippen molar-refractivity contribution in [3.8, 4) is 0 Å². The molecule has 2 unspecified atom stereocenters. The normalized spacial score (nSPS) is 22.7. The van der Waals surface area contributed by atoms with E-state index >= 15 is 0 Å². The second-order valence-corrected chi connectivity index (χ2v) is 6.31. The van der Waals surface area contributed by atoms with Gasteiger partial charge in [0.2, 0.25) is 0 Å². The highest BCUT2D eigenvalue weighted by Crippen LogP contribution is 2.34. The van der Waals surface area contributed by atoms with E-state index in [0.29, 0.717) is 0 Å². The maximum Gasteiger partial charge on any atom is 0.435 e. The smallest absolute Gasteiger partial charge is 0.372 e. The standard InChI is InChI=1S/C15H22F3N3O2/c1-8(2)21-11(5)12(13(19-21)15(16,17)18)14(22)20-6-9(3)23-10(4)7-20/h8-10H,6-7H2,1-5H3. The molecule has 1 aliphatic rings. The van der Waals surface area contributed by atoms with Crippen molar-refractivity contribution in [2.45, 2.75) is 59.0 Å². The molecule has 1 aromatic heterocycles. The lowest BCUT2D eigenvalue weighted by atomic mass is 10.1. The fourth-order valence-corrected chi connectivity index (χ4v) is 2.98. The van der Waals surface area contributed by atoms with E-state index in [0.717, 1.165) is 0 Å². The molecule has 1 aliphatic heterocycles. The summed E-state index contributed by atoms with van der Waals surface area (Å²) >= 11 is 0. The summed E-state index contributed by atoms with van der Waals surface area (Å²) in [4.78, 5) is 14.2. The molecule has 23 heavy (non-hydrogen) atoms. The molecule has 0 bridgehead atoms. The fraction of sp³-hybridized carbons (Fsp3) is 0.733. The molecule has 0 saturated carbocycles. The number of aromatic nitrogens is 2. The Labute approximate surface area is 133 Å². The van der Waals surface area contributed by atoms with Crippen LogP contribution < -0.4 is 0 Å². The average Bonchev–Trinajstić information content (AvgIpc) is 2.74. The van der Waals surface area contributed by atoms with Gasteiger partial charge in [0, 0.05) is 24.8 Å². The summed E-state index contributed by atoms with van der Waals surface area (Å²) in [6.45, 7) is 9.10. The highest BCUT2D eigenvalue weighted by atomic mass is 19.4. The molecular weight excluding hydrogens is 311 g/mol. The minimum absolute atomic E-state index is 0.211. The van der Waals surface area contributed by atoms with Gasteiger partial charge in [-0.3, -0.25) is 9.48 Å². The second-order valence-electron chi connectivity index (χ2n) is 6.31. The summed E-state index contributed by atoms with van der Waals surface area (Å²) in [6.07, 6.45) is -5.09. The molecule has 0 aromatic carbocycles. The average molecular weight is 333 g/mol. The largest absolute Gasteiger partial charge is 0.435 e. The van der Waals surface area contributed by atoms with Crippen LogP contribution in [0.25, 0.3) is 0 Å². The second kappa shape index (κ2) is 6.14. The van der Waals surface area contributed by atoms with Gasteiger partial charge >= 0.3 is 6.18 Å². The first-order chi connectivity index (χ1) is 10.5. The van der Waals surface area contributed by atoms with Gasteiger partial charge in [0.25, 0.3) is 5.91 Å². The van der Waals surface area contributed by atoms with E-state index in [9.17, 15) is 18.0 Å². The lowest BCUT2D eigenvalue weighted by Gasteiger charge is -2.35. The molecule has 0 spiro atoms. The zero-order chi connectivity index (χ0) is 17.5. The van der Waals surface area contributed by atoms with E-state index in [4.69, 9.17) is 4.74 Å². The maximum absolute atomic E-state index is 13.3. The zero-order valence-corrected chi connectivity index (χ0v) is 13.9. The van der Waals surface area contributed by atoms with Crippen LogP contribution in [0.2, 0.25) is 0 Å². The van der Waals surface area contributed by atoms with Crippen molar-refractivity contribution >= 4 is 5.91 Å². The first-order valence-electron chi connectivity index (χ1n) is 7.63. The molecule has 5 nitrogen and oxygen atoms in total. The quantitative estimate of drug-likeness (QED) is 0.836. The lowest BCUT2D eigenvalue weighted by Crippen LogP contribution is -2.48. The molecule has 1 fully saturated rings. The fourth-order valence-electron chi connectivity index (χ4n) is 2.98. The summed E-state index contributed by atoms with van der Waals surface area (Å²) in [5.74, 6) is -0.635. The Morgan fingerprint density at radius 2 is 1.78 bits per heavy atom. The number of ether oxygens (including phenoxy) is 1. The number of nitrogens with zero attached hydrogens (tertiary/aromatic N) is 3. The SMILES string of the molecule is Cc1c(C(=O)N2CC(C)OC(C)C2)c(C(F)(F)F)nn1C(C)C. The van der Waals surface area contributed by atoms with E-state index in [2.05, 4.69) is 5.10 Å². The Hall–Kier alpha value is -1.57. The van der Waals surface area contributed by atoms with Gasteiger partial charge in [-0.2, -0.15) is 18.3 Å². The summed E-state index contributed by atoms with van der Waals surface area (Å²) in [5.41, 5.74) is -1.22. The maximum atomic E-state index is 13.3. The molecular formula is C15H22F3N3O2. The van der Waals surface area contributed by atoms with Crippen molar-refractivity contribution in [3.05, 3.63) is 17.0 Å². The van der Waals surface area contributed by atoms with Crippen LogP contribution in [0.5, 0.6) is 0 Å². The number of hydrogen-bond acceptors (Lipinski definition) is 3. The molecule has 2 rings (SSSR count). The summed E-state index contributed by atoms with van der Waals surface area (Å²) in [5, 5.41) is 3.65. The molecule has 0 N–H and O–H groups in total. The number of alkyl halides is 3. The zero-order valence-electron chi connectivity index (χ0n) is 13.9. The van der Waals surface area contributed by atoms with Gasteiger partial charge in [0.05, 0.1) is 17.8 Å². The molecule has 1 saturated heterocycles. The van der Waals surface area contributed by atoms with Crippen LogP contribution in [-0.2, 0) is 10.9 Å². The number of hydrogen-bond donors (Lipinski definition) is 0. The number of amides is 1. The van der Waals surface area contributed by atoms with Crippen LogP contribution in [0.4, 0.5) is 13.2 Å². The number of carbonyl (C=O) groups is 1. The van der Waals surface area contributed by atoms with E-state index in [1.165, 1.54) is 16.5 Å². The molecule has 2 heterocycles. The van der Waals surface area contributed by atoms with Crippen LogP contribution in [0.1, 0.15) is 55.5 Å². The van der Waals surface area contributed by atoms with E-state index < -0.39 is 17.8 Å². The van der Waals surface area contributed by atoms with Crippen LogP contribution in [-0.4, -0.2) is 45.9 Å². The van der Waals surface area contributed by atoms with Crippen LogP contribution >= 0.6 is 0 Å². The Morgan fingerprint density at radius 3 is 2.22 bits per heavy atom. The van der Waals surface area contributed by atoms with Crippen molar-refractivity contribution in [1.82, 2.24) is 14.7 Å². The van der Waals surface area contributed by atoms with Crippen molar-refractivity contribution in [3.63, 3.8) is 0 Å². The van der Waals surface area contributed by atoms with Gasteiger partial charge < -0.3 is 9.64 Å². The number of morpholine rings is 1. The Bertz CT molecular complexity index is 586. The highest BCUT2D eigenvalue weighted by Gasteiger charge is 2.42. The molecule has 0 aliphatic carbocycles. The first-order valence-corrected chi connectivity index (χ1v) is 7.63. The van der Waals surface area contributed by atoms with Gasteiger partial charge in [-0.15, -0.1) is 0 Å². The summed E-state index contributed by atoms with van der Waals surface area (Å²) < 4.78 is 46.7. The summed E-state index contributed by atoms with van der Waals surface area (Å²) in [6, 6.07) is -0.264. The molecule has 1 aromatic rings. The van der Waals surface area contributed by atoms with Crippen molar-refractivity contribution in [2.75, 3.05) is 13.1 Å². The minimum Gasteiger partial charge on any atom is -0.372 e. The number of halogens is 3. The van der Waals surface area contributed by atoms with E-state index in [-0.39, 0.29) is 42.6 Å². The Morgan fingerprint density at radius 1 is 1.26 bits per heavy atom. The third kappa shape index (κ3) is 3.52. The first kappa shape index (κ1) is 17.8. The van der Waals surface area contributed by atoms with Gasteiger partial charge in [-0.05, 0) is 34.6 Å². The van der Waals surface area contributed by atoms with Gasteiger partial charge in [0.1, 0.15) is 0 Å². The van der Waals surface area contributed by atoms with E-state index in [1.54, 1.807) is 27.7 Å². The minimum atomic E-state index is -4.67. The predicted molar refractivity (Wildman–Crippen MR) is 78.3 cm³/mol. The Kier molecular flexibility index (Phi) is 4.75. The predicted octanol–water partition coefficient (Wildman–Crippen LogP) is 3.04. The molecule has 130 valence electrons. The third-order valence-corrected chi connectivity index (χ3v) is 3.83. The lowest BCUT2D eigenvalue weighted by molar-refractivity contribution is -0.142. The molecule has 8 heteroatoms. The van der Waals surface area contributed by atoms with Crippen molar-refractivity contribution in [2.24, 2.45) is 0 Å². The number of rotatable bonds is 2. The summed E-state index contributed by atoms with van der Waals surface area (Å²) in [7, 11) is 0. The molecule has 1 amide bonds. The van der Waals surface area contributed by atoms with Crippen LogP contribution in [0, 0.1) is 6.92 Å². The van der Waals surface area contributed by atoms with Crippen LogP contribution in [0.15, 0.2) is 0 Å². The van der Waals surface area contributed by atoms with Crippen LogP contribution in [0.3, 0.4) is 0 Å². The topological polar surface area (TPSA) is 47.4 Å². The Balaban J connectivity index is 2.46. The van der Waals surface area contributed by atoms with Gasteiger partial charge in [-0.25, -0.2) is 0 Å².